The van der Waals surface area contributed by atoms with E-state index in [9.17, 15) is 14.7 Å². The maximum atomic E-state index is 11.9. The third-order valence-electron chi connectivity index (χ3n) is 2.46. The fourth-order valence-electron chi connectivity index (χ4n) is 1.49. The zero-order valence-electron chi connectivity index (χ0n) is 9.78. The summed E-state index contributed by atoms with van der Waals surface area (Å²) in [7, 11) is 0. The summed E-state index contributed by atoms with van der Waals surface area (Å²) >= 11 is 11.4. The van der Waals surface area contributed by atoms with Crippen LogP contribution in [0.25, 0.3) is 0 Å². The number of carbonyl (C=O) groups excluding carboxylic acids is 1. The van der Waals surface area contributed by atoms with E-state index in [0.717, 1.165) is 6.07 Å². The minimum Gasteiger partial charge on any atom is -0.506 e. The molecule has 0 bridgehead atoms. The third kappa shape index (κ3) is 2.87. The summed E-state index contributed by atoms with van der Waals surface area (Å²) in [6, 6.07) is 4.91. The van der Waals surface area contributed by atoms with Crippen LogP contribution in [0.4, 0.5) is 5.69 Å². The van der Waals surface area contributed by atoms with Crippen molar-refractivity contribution in [3.05, 3.63) is 45.7 Å². The number of anilines is 1. The van der Waals surface area contributed by atoms with Gasteiger partial charge in [0.15, 0.2) is 0 Å². The van der Waals surface area contributed by atoms with Crippen LogP contribution in [0.5, 0.6) is 5.75 Å². The van der Waals surface area contributed by atoms with Gasteiger partial charge in [0.05, 0.1) is 16.3 Å². The highest BCUT2D eigenvalue weighted by Gasteiger charge is 2.14. The number of rotatable bonds is 3. The molecule has 20 heavy (non-hydrogen) atoms. The van der Waals surface area contributed by atoms with Crippen LogP contribution in [0.2, 0.25) is 10.2 Å². The molecule has 0 saturated heterocycles. The highest BCUT2D eigenvalue weighted by atomic mass is 35.5. The average molecular weight is 315 g/mol. The van der Waals surface area contributed by atoms with Crippen molar-refractivity contribution in [2.75, 3.05) is 5.32 Å². The fourth-order valence-corrected chi connectivity index (χ4v) is 1.80. The molecule has 0 atom stereocenters. The van der Waals surface area contributed by atoms with Crippen molar-refractivity contribution in [2.45, 2.75) is 0 Å². The molecule has 2 aromatic rings. The molecule has 0 aliphatic rings. The second kappa shape index (κ2) is 5.44. The topological polar surface area (TPSA) is 102 Å². The van der Waals surface area contributed by atoms with Gasteiger partial charge in [-0.15, -0.1) is 0 Å². The molecule has 0 saturated carbocycles. The summed E-state index contributed by atoms with van der Waals surface area (Å²) in [5.41, 5.74) is 0.0926. The Balaban J connectivity index is 2.21. The molecule has 1 heterocycles. The summed E-state index contributed by atoms with van der Waals surface area (Å²) in [4.78, 5) is 25.1. The van der Waals surface area contributed by atoms with Gasteiger partial charge in [-0.25, -0.2) is 4.79 Å². The summed E-state index contributed by atoms with van der Waals surface area (Å²) in [6.45, 7) is 0. The smallest absolute Gasteiger partial charge is 0.335 e. The second-order valence-corrected chi connectivity index (χ2v) is 4.62. The number of phenolic OH excluding ortho intramolecular Hbond substituents is 1. The van der Waals surface area contributed by atoms with E-state index in [-0.39, 0.29) is 32.9 Å². The van der Waals surface area contributed by atoms with E-state index in [0.29, 0.717) is 0 Å². The van der Waals surface area contributed by atoms with Crippen molar-refractivity contribution < 1.29 is 19.8 Å². The largest absolute Gasteiger partial charge is 0.506 e. The van der Waals surface area contributed by atoms with Gasteiger partial charge in [0.1, 0.15) is 16.6 Å². The number of aromatic amines is 1. The number of carboxylic acid groups (broad SMARTS) is 1. The number of hydrogen-bond acceptors (Lipinski definition) is 3. The predicted octanol–water partition coefficient (Wildman–Crippen LogP) is 2.98. The molecular formula is C12H8Cl2N2O4. The van der Waals surface area contributed by atoms with Gasteiger partial charge >= 0.3 is 5.97 Å². The van der Waals surface area contributed by atoms with Crippen molar-refractivity contribution in [1.29, 1.82) is 0 Å². The fraction of sp³-hybridized carbons (Fsp3) is 0. The summed E-state index contributed by atoms with van der Waals surface area (Å²) in [5, 5.41) is 21.1. The zero-order chi connectivity index (χ0) is 14.9. The predicted molar refractivity (Wildman–Crippen MR) is 73.8 cm³/mol. The van der Waals surface area contributed by atoms with Crippen LogP contribution in [-0.2, 0) is 0 Å². The molecule has 0 spiro atoms. The Morgan fingerprint density at radius 1 is 1.20 bits per heavy atom. The van der Waals surface area contributed by atoms with Crippen molar-refractivity contribution in [3.8, 4) is 5.75 Å². The lowest BCUT2D eigenvalue weighted by molar-refractivity contribution is 0.0696. The van der Waals surface area contributed by atoms with E-state index >= 15 is 0 Å². The molecule has 104 valence electrons. The molecule has 0 aliphatic carbocycles. The minimum atomic E-state index is -1.18. The number of carbonyl (C=O) groups is 2. The quantitative estimate of drug-likeness (QED) is 0.654. The lowest BCUT2D eigenvalue weighted by Gasteiger charge is -2.06. The number of H-pyrrole nitrogens is 1. The Hall–Kier alpha value is -2.18. The Kier molecular flexibility index (Phi) is 3.87. The zero-order valence-corrected chi connectivity index (χ0v) is 11.3. The lowest BCUT2D eigenvalue weighted by Crippen LogP contribution is -2.12. The molecular weight excluding hydrogens is 307 g/mol. The van der Waals surface area contributed by atoms with Crippen LogP contribution in [-0.4, -0.2) is 27.1 Å². The number of hydrogen-bond donors (Lipinski definition) is 4. The number of aromatic carboxylic acids is 1. The molecule has 0 unspecified atom stereocenters. The van der Waals surface area contributed by atoms with Crippen LogP contribution >= 0.6 is 23.2 Å². The molecule has 1 aromatic carbocycles. The van der Waals surface area contributed by atoms with E-state index in [1.807, 2.05) is 0 Å². The van der Waals surface area contributed by atoms with E-state index in [1.54, 1.807) is 0 Å². The number of carboxylic acids is 1. The van der Waals surface area contributed by atoms with Gasteiger partial charge in [0.2, 0.25) is 0 Å². The molecule has 0 fully saturated rings. The van der Waals surface area contributed by atoms with Crippen LogP contribution in [0.15, 0.2) is 24.3 Å². The molecule has 0 aliphatic heterocycles. The molecule has 1 amide bonds. The first kappa shape index (κ1) is 14.2. The number of benzene rings is 1. The maximum absolute atomic E-state index is 11.9. The second-order valence-electron chi connectivity index (χ2n) is 3.84. The van der Waals surface area contributed by atoms with Crippen LogP contribution in [0.1, 0.15) is 20.8 Å². The van der Waals surface area contributed by atoms with Gasteiger partial charge in [-0.3, -0.25) is 4.79 Å². The first-order valence-corrected chi connectivity index (χ1v) is 6.05. The average Bonchev–Trinajstić information content (AvgIpc) is 2.72. The summed E-state index contributed by atoms with van der Waals surface area (Å²) in [6.07, 6.45) is 0. The molecule has 4 N–H and O–H groups in total. The van der Waals surface area contributed by atoms with Crippen molar-refractivity contribution in [2.24, 2.45) is 0 Å². The Morgan fingerprint density at radius 2 is 1.90 bits per heavy atom. The SMILES string of the molecule is O=C(O)c1ccc(NC(=O)c2cc(Cl)c(Cl)[nH]2)c(O)c1. The van der Waals surface area contributed by atoms with E-state index in [4.69, 9.17) is 28.3 Å². The molecule has 8 heteroatoms. The van der Waals surface area contributed by atoms with Gasteiger partial charge in [-0.1, -0.05) is 23.2 Å². The number of nitrogens with one attached hydrogen (secondary N) is 2. The van der Waals surface area contributed by atoms with E-state index < -0.39 is 11.9 Å². The number of phenols is 1. The first-order valence-electron chi connectivity index (χ1n) is 5.30. The van der Waals surface area contributed by atoms with Gasteiger partial charge in [0, 0.05) is 0 Å². The van der Waals surface area contributed by atoms with Crippen molar-refractivity contribution in [3.63, 3.8) is 0 Å². The third-order valence-corrected chi connectivity index (χ3v) is 3.16. The normalized spacial score (nSPS) is 10.3. The Morgan fingerprint density at radius 3 is 2.40 bits per heavy atom. The molecule has 2 rings (SSSR count). The van der Waals surface area contributed by atoms with Crippen LogP contribution < -0.4 is 5.32 Å². The molecule has 0 radical (unpaired) electrons. The van der Waals surface area contributed by atoms with E-state index in [1.165, 1.54) is 18.2 Å². The highest BCUT2D eigenvalue weighted by molar-refractivity contribution is 6.41. The number of aromatic nitrogens is 1. The van der Waals surface area contributed by atoms with Crippen LogP contribution in [0.3, 0.4) is 0 Å². The summed E-state index contributed by atoms with van der Waals surface area (Å²) in [5.74, 6) is -2.11. The van der Waals surface area contributed by atoms with Gasteiger partial charge in [0.25, 0.3) is 5.91 Å². The summed E-state index contributed by atoms with van der Waals surface area (Å²) < 4.78 is 0. The maximum Gasteiger partial charge on any atom is 0.335 e. The number of amides is 1. The number of aromatic hydroxyl groups is 1. The Labute approximate surface area is 122 Å². The standard InChI is InChI=1S/C12H8Cl2N2O4/c13-6-4-8(15-10(6)14)11(18)16-7-2-1-5(12(19)20)3-9(7)17/h1-4,15,17H,(H,16,18)(H,19,20). The lowest BCUT2D eigenvalue weighted by atomic mass is 10.2. The minimum absolute atomic E-state index is 0.0712. The first-order chi connectivity index (χ1) is 9.38. The van der Waals surface area contributed by atoms with Crippen molar-refractivity contribution in [1.82, 2.24) is 4.98 Å². The van der Waals surface area contributed by atoms with Gasteiger partial charge in [-0.05, 0) is 24.3 Å². The Bertz CT molecular complexity index is 677. The monoisotopic (exact) mass is 314 g/mol. The highest BCUT2D eigenvalue weighted by Crippen LogP contribution is 2.26. The van der Waals surface area contributed by atoms with Crippen molar-refractivity contribution >= 4 is 40.8 Å². The molecule has 6 nitrogen and oxygen atoms in total. The number of halogens is 2. The van der Waals surface area contributed by atoms with Gasteiger partial charge in [-0.2, -0.15) is 0 Å². The van der Waals surface area contributed by atoms with Crippen LogP contribution in [0, 0.1) is 0 Å². The molecule has 1 aromatic heterocycles. The van der Waals surface area contributed by atoms with Gasteiger partial charge < -0.3 is 20.5 Å². The van der Waals surface area contributed by atoms with E-state index in [2.05, 4.69) is 10.3 Å².